The maximum absolute atomic E-state index is 14.0. The lowest BCUT2D eigenvalue weighted by Crippen LogP contribution is -2.61. The van der Waals surface area contributed by atoms with E-state index in [0.717, 1.165) is 36.5 Å². The number of hydrogen-bond acceptors (Lipinski definition) is 6. The van der Waals surface area contributed by atoms with Crippen molar-refractivity contribution in [3.05, 3.63) is 11.8 Å². The minimum absolute atomic E-state index is 0.00237. The van der Waals surface area contributed by atoms with Gasteiger partial charge in [0.15, 0.2) is 0 Å². The van der Waals surface area contributed by atoms with Crippen molar-refractivity contribution in [2.75, 3.05) is 38.2 Å². The first-order chi connectivity index (χ1) is 17.6. The Labute approximate surface area is 228 Å². The van der Waals surface area contributed by atoms with Gasteiger partial charge in [-0.25, -0.2) is 0 Å². The van der Waals surface area contributed by atoms with Gasteiger partial charge in [0.2, 0.25) is 11.8 Å². The van der Waals surface area contributed by atoms with Gasteiger partial charge in [0.1, 0.15) is 5.41 Å². The summed E-state index contributed by atoms with van der Waals surface area (Å²) in [6.07, 6.45) is 8.28. The number of unbranched alkanes of at least 4 members (excludes halogenated alkanes) is 5. The van der Waals surface area contributed by atoms with Gasteiger partial charge in [0, 0.05) is 49.2 Å². The van der Waals surface area contributed by atoms with E-state index < -0.39 is 17.4 Å². The Morgan fingerprint density at radius 3 is 2.41 bits per heavy atom. The highest BCUT2D eigenvalue weighted by atomic mass is 32.2. The van der Waals surface area contributed by atoms with Crippen molar-refractivity contribution in [3.8, 4) is 0 Å². The number of nitrogens with zero attached hydrogens (tertiary/aromatic N) is 2. The van der Waals surface area contributed by atoms with Crippen molar-refractivity contribution in [1.82, 2.24) is 9.80 Å². The Morgan fingerprint density at radius 2 is 1.78 bits per heavy atom. The number of amides is 2. The fourth-order valence-corrected chi connectivity index (χ4v) is 6.78. The third-order valence-corrected chi connectivity index (χ3v) is 9.15. The predicted molar refractivity (Wildman–Crippen MR) is 148 cm³/mol. The molecule has 0 N–H and O–H groups in total. The normalized spacial score (nSPS) is 28.5. The summed E-state index contributed by atoms with van der Waals surface area (Å²) >= 11 is 1.85. The SMILES string of the molecule is CCCCCCCCN1C(=O)[C@@H](CC(=O)N2CCSCC2)C[C@@]2(C(=O)OC)C1=C[C@H](C(C)(C)C)O[C@@H]2C. The predicted octanol–water partition coefficient (Wildman–Crippen LogP) is 5.04. The number of likely N-dealkylation sites (tertiary alicyclic amines) is 1. The zero-order chi connectivity index (χ0) is 27.2. The summed E-state index contributed by atoms with van der Waals surface area (Å²) in [5, 5.41) is 0. The monoisotopic (exact) mass is 536 g/mol. The molecule has 0 aromatic heterocycles. The van der Waals surface area contributed by atoms with Crippen LogP contribution in [0.2, 0.25) is 0 Å². The van der Waals surface area contributed by atoms with E-state index in [2.05, 4.69) is 27.7 Å². The smallest absolute Gasteiger partial charge is 0.320 e. The number of fused-ring (bicyclic) bond motifs is 1. The Hall–Kier alpha value is -1.54. The number of ether oxygens (including phenoxy) is 2. The van der Waals surface area contributed by atoms with Gasteiger partial charge in [0.05, 0.1) is 19.3 Å². The van der Waals surface area contributed by atoms with Crippen molar-refractivity contribution in [2.24, 2.45) is 16.7 Å². The zero-order valence-corrected chi connectivity index (χ0v) is 24.7. The average molecular weight is 537 g/mol. The van der Waals surface area contributed by atoms with Crippen LogP contribution in [0.25, 0.3) is 0 Å². The van der Waals surface area contributed by atoms with E-state index in [4.69, 9.17) is 9.47 Å². The second-order valence-electron chi connectivity index (χ2n) is 11.9. The number of methoxy groups -OCH3 is 1. The number of hydrogen-bond donors (Lipinski definition) is 0. The van der Waals surface area contributed by atoms with E-state index in [1.165, 1.54) is 26.4 Å². The van der Waals surface area contributed by atoms with Crippen LogP contribution in [0.15, 0.2) is 11.8 Å². The van der Waals surface area contributed by atoms with Gasteiger partial charge < -0.3 is 19.3 Å². The number of thioether (sulfide) groups is 1. The molecule has 2 amide bonds. The summed E-state index contributed by atoms with van der Waals surface area (Å²) in [6.45, 7) is 12.4. The minimum atomic E-state index is -1.10. The van der Waals surface area contributed by atoms with Crippen LogP contribution in [0.4, 0.5) is 0 Å². The fraction of sp³-hybridized carbons (Fsp3) is 0.828. The molecule has 8 heteroatoms. The molecule has 0 unspecified atom stereocenters. The second kappa shape index (κ2) is 13.0. The van der Waals surface area contributed by atoms with Gasteiger partial charge in [-0.3, -0.25) is 14.4 Å². The van der Waals surface area contributed by atoms with Gasteiger partial charge >= 0.3 is 5.97 Å². The summed E-state index contributed by atoms with van der Waals surface area (Å²) in [4.78, 5) is 44.5. The molecule has 3 rings (SSSR count). The first-order valence-electron chi connectivity index (χ1n) is 14.2. The van der Waals surface area contributed by atoms with Gasteiger partial charge in [-0.1, -0.05) is 59.8 Å². The second-order valence-corrected chi connectivity index (χ2v) is 13.2. The molecule has 2 saturated heterocycles. The quantitative estimate of drug-likeness (QED) is 0.288. The third kappa shape index (κ3) is 6.73. The molecule has 0 aromatic carbocycles. The highest BCUT2D eigenvalue weighted by Crippen LogP contribution is 2.52. The number of esters is 1. The lowest BCUT2D eigenvalue weighted by atomic mass is 9.65. The highest BCUT2D eigenvalue weighted by Gasteiger charge is 2.60. The average Bonchev–Trinajstić information content (AvgIpc) is 2.87. The van der Waals surface area contributed by atoms with Gasteiger partial charge in [0.25, 0.3) is 0 Å². The van der Waals surface area contributed by atoms with E-state index >= 15 is 0 Å². The first kappa shape index (κ1) is 30.0. The Morgan fingerprint density at radius 1 is 1.14 bits per heavy atom. The van der Waals surface area contributed by atoms with Crippen LogP contribution in [-0.4, -0.2) is 78.0 Å². The molecule has 7 nitrogen and oxygen atoms in total. The van der Waals surface area contributed by atoms with Crippen molar-refractivity contribution in [1.29, 1.82) is 0 Å². The Balaban J connectivity index is 1.94. The van der Waals surface area contributed by atoms with Crippen LogP contribution in [0, 0.1) is 16.7 Å². The van der Waals surface area contributed by atoms with Crippen molar-refractivity contribution in [3.63, 3.8) is 0 Å². The molecule has 210 valence electrons. The number of carbonyl (C=O) groups excluding carboxylic acids is 3. The highest BCUT2D eigenvalue weighted by molar-refractivity contribution is 7.99. The van der Waals surface area contributed by atoms with Crippen LogP contribution < -0.4 is 0 Å². The molecule has 3 heterocycles. The number of piperidine rings is 1. The number of rotatable bonds is 10. The molecule has 0 spiro atoms. The maximum Gasteiger partial charge on any atom is 0.320 e. The molecule has 4 atom stereocenters. The maximum atomic E-state index is 14.0. The van der Waals surface area contributed by atoms with Crippen LogP contribution in [-0.2, 0) is 23.9 Å². The van der Waals surface area contributed by atoms with E-state index in [1.807, 2.05) is 34.6 Å². The van der Waals surface area contributed by atoms with Crippen molar-refractivity contribution >= 4 is 29.5 Å². The van der Waals surface area contributed by atoms with Crippen LogP contribution in [0.3, 0.4) is 0 Å². The lowest BCUT2D eigenvalue weighted by molar-refractivity contribution is -0.180. The number of carbonyl (C=O) groups is 3. The molecule has 0 bridgehead atoms. The summed E-state index contributed by atoms with van der Waals surface area (Å²) in [7, 11) is 1.40. The van der Waals surface area contributed by atoms with Gasteiger partial charge in [-0.15, -0.1) is 0 Å². The summed E-state index contributed by atoms with van der Waals surface area (Å²) < 4.78 is 11.8. The standard InChI is InChI=1S/C29H48N2O5S/c1-7-8-9-10-11-12-13-31-23-19-24(28(3,4)5)36-21(2)29(23,27(34)35-6)20-22(26(31)33)18-25(32)30-14-16-37-17-15-30/h19,21-22,24H,7-18,20H2,1-6H3/t21-,22+,24-,29+/m1/s1. The molecule has 3 aliphatic heterocycles. The lowest BCUT2D eigenvalue weighted by Gasteiger charge is -2.53. The van der Waals surface area contributed by atoms with Crippen molar-refractivity contribution in [2.45, 2.75) is 98.2 Å². The minimum Gasteiger partial charge on any atom is -0.468 e. The molecular formula is C29H48N2O5S. The topological polar surface area (TPSA) is 76.2 Å². The molecule has 3 aliphatic rings. The molecule has 37 heavy (non-hydrogen) atoms. The summed E-state index contributed by atoms with van der Waals surface area (Å²) in [5.74, 6) is 0.851. The van der Waals surface area contributed by atoms with E-state index in [1.54, 1.807) is 0 Å². The van der Waals surface area contributed by atoms with Crippen molar-refractivity contribution < 1.29 is 23.9 Å². The molecule has 0 saturated carbocycles. The van der Waals surface area contributed by atoms with E-state index in [-0.39, 0.29) is 42.1 Å². The zero-order valence-electron chi connectivity index (χ0n) is 23.8. The Bertz CT molecular complexity index is 848. The molecule has 0 aromatic rings. The van der Waals surface area contributed by atoms with Gasteiger partial charge in [-0.2, -0.15) is 11.8 Å². The summed E-state index contributed by atoms with van der Waals surface area (Å²) in [6, 6.07) is 0. The first-order valence-corrected chi connectivity index (χ1v) is 15.3. The molecule has 0 aliphatic carbocycles. The van der Waals surface area contributed by atoms with E-state index in [0.29, 0.717) is 19.6 Å². The van der Waals surface area contributed by atoms with Crippen LogP contribution >= 0.6 is 11.8 Å². The Kier molecular flexibility index (Phi) is 10.5. The summed E-state index contributed by atoms with van der Waals surface area (Å²) in [5.41, 5.74) is -0.582. The fourth-order valence-electron chi connectivity index (χ4n) is 5.88. The molecule has 0 radical (unpaired) electrons. The van der Waals surface area contributed by atoms with Crippen LogP contribution in [0.5, 0.6) is 0 Å². The van der Waals surface area contributed by atoms with Crippen LogP contribution in [0.1, 0.15) is 86.0 Å². The van der Waals surface area contributed by atoms with E-state index in [9.17, 15) is 14.4 Å². The molecule has 2 fully saturated rings. The molecular weight excluding hydrogens is 488 g/mol. The third-order valence-electron chi connectivity index (χ3n) is 8.21. The largest absolute Gasteiger partial charge is 0.468 e. The van der Waals surface area contributed by atoms with Gasteiger partial charge in [-0.05, 0) is 31.3 Å².